The highest BCUT2D eigenvalue weighted by atomic mass is 16.6. The van der Waals surface area contributed by atoms with E-state index >= 15 is 0 Å². The molecular weight excluding hydrogens is 320 g/mol. The molecule has 0 saturated heterocycles. The van der Waals surface area contributed by atoms with Gasteiger partial charge < -0.3 is 18.9 Å². The van der Waals surface area contributed by atoms with Crippen LogP contribution in [-0.4, -0.2) is 45.6 Å². The summed E-state index contributed by atoms with van der Waals surface area (Å²) in [5.41, 5.74) is 1.16. The highest BCUT2D eigenvalue weighted by Crippen LogP contribution is 2.03. The molecule has 0 bridgehead atoms. The summed E-state index contributed by atoms with van der Waals surface area (Å²) >= 11 is 0. The van der Waals surface area contributed by atoms with Gasteiger partial charge in [0.1, 0.15) is 6.61 Å². The van der Waals surface area contributed by atoms with Crippen molar-refractivity contribution >= 4 is 5.97 Å². The van der Waals surface area contributed by atoms with Crippen molar-refractivity contribution in [1.82, 2.24) is 0 Å². The average Bonchev–Trinajstić information content (AvgIpc) is 2.64. The Morgan fingerprint density at radius 3 is 2.12 bits per heavy atom. The zero-order chi connectivity index (χ0) is 18.0. The van der Waals surface area contributed by atoms with Crippen LogP contribution in [0.1, 0.15) is 44.6 Å². The van der Waals surface area contributed by atoms with E-state index in [0.717, 1.165) is 18.4 Å². The first-order valence-corrected chi connectivity index (χ1v) is 9.25. The fourth-order valence-electron chi connectivity index (χ4n) is 2.19. The lowest BCUT2D eigenvalue weighted by molar-refractivity contribution is -0.145. The minimum Gasteiger partial charge on any atom is -0.463 e. The molecule has 0 aliphatic rings. The molecule has 0 radical (unpaired) electrons. The molecule has 0 aromatic heterocycles. The largest absolute Gasteiger partial charge is 0.463 e. The van der Waals surface area contributed by atoms with Crippen LogP contribution in [0.25, 0.3) is 0 Å². The van der Waals surface area contributed by atoms with Crippen LogP contribution in [-0.2, 0) is 30.3 Å². The summed E-state index contributed by atoms with van der Waals surface area (Å²) in [5.74, 6) is -0.133. The number of hydrogen-bond acceptors (Lipinski definition) is 5. The molecule has 0 atom stereocenters. The van der Waals surface area contributed by atoms with E-state index in [-0.39, 0.29) is 5.97 Å². The number of carbonyl (C=O) groups is 1. The molecule has 142 valence electrons. The Hall–Kier alpha value is -1.43. The van der Waals surface area contributed by atoms with Gasteiger partial charge in [0.05, 0.1) is 39.6 Å². The molecule has 0 unspecified atom stereocenters. The fourth-order valence-corrected chi connectivity index (χ4v) is 2.19. The maximum absolute atomic E-state index is 11.4. The van der Waals surface area contributed by atoms with Gasteiger partial charge in [-0.05, 0) is 12.0 Å². The second-order valence-corrected chi connectivity index (χ2v) is 5.79. The molecular formula is C20H32O5. The summed E-state index contributed by atoms with van der Waals surface area (Å²) in [6.45, 7) is 5.59. The highest BCUT2D eigenvalue weighted by Gasteiger charge is 2.02. The smallest absolute Gasteiger partial charge is 0.305 e. The molecule has 5 heteroatoms. The number of benzene rings is 1. The topological polar surface area (TPSA) is 54.0 Å². The first kappa shape index (κ1) is 21.6. The Morgan fingerprint density at radius 2 is 1.44 bits per heavy atom. The van der Waals surface area contributed by atoms with Crippen molar-refractivity contribution in [3.05, 3.63) is 35.9 Å². The van der Waals surface area contributed by atoms with Crippen LogP contribution in [0.15, 0.2) is 30.3 Å². The summed E-state index contributed by atoms with van der Waals surface area (Å²) in [5, 5.41) is 0. The van der Waals surface area contributed by atoms with Crippen LogP contribution in [0.2, 0.25) is 0 Å². The molecule has 25 heavy (non-hydrogen) atoms. The molecule has 0 aliphatic carbocycles. The first-order chi connectivity index (χ1) is 12.3. The molecule has 1 aromatic carbocycles. The summed E-state index contributed by atoms with van der Waals surface area (Å²) in [7, 11) is 0. The lowest BCUT2D eigenvalue weighted by Crippen LogP contribution is -2.13. The van der Waals surface area contributed by atoms with E-state index < -0.39 is 0 Å². The van der Waals surface area contributed by atoms with Crippen LogP contribution in [0.5, 0.6) is 0 Å². The molecule has 5 nitrogen and oxygen atoms in total. The average molecular weight is 352 g/mol. The van der Waals surface area contributed by atoms with E-state index in [2.05, 4.69) is 6.92 Å². The predicted octanol–water partition coefficient (Wildman–Crippen LogP) is 3.75. The van der Waals surface area contributed by atoms with Gasteiger partial charge in [-0.1, -0.05) is 56.5 Å². The van der Waals surface area contributed by atoms with Crippen molar-refractivity contribution in [3.8, 4) is 0 Å². The van der Waals surface area contributed by atoms with Crippen LogP contribution >= 0.6 is 0 Å². The Kier molecular flexibility index (Phi) is 13.9. The molecule has 0 fully saturated rings. The molecule has 1 rings (SSSR count). The predicted molar refractivity (Wildman–Crippen MR) is 97.5 cm³/mol. The lowest BCUT2D eigenvalue weighted by Gasteiger charge is -2.08. The second kappa shape index (κ2) is 16.1. The Labute approximate surface area is 151 Å². The third-order valence-corrected chi connectivity index (χ3v) is 3.58. The molecule has 0 saturated carbocycles. The molecule has 0 spiro atoms. The molecule has 0 N–H and O–H groups in total. The van der Waals surface area contributed by atoms with E-state index in [4.69, 9.17) is 18.9 Å². The first-order valence-electron chi connectivity index (χ1n) is 9.25. The van der Waals surface area contributed by atoms with Gasteiger partial charge in [0.2, 0.25) is 0 Å². The van der Waals surface area contributed by atoms with Gasteiger partial charge in [0, 0.05) is 6.42 Å². The number of esters is 1. The van der Waals surface area contributed by atoms with Crippen LogP contribution < -0.4 is 0 Å². The SMILES string of the molecule is CCCCCCC(=O)OCCOCCOCCOCc1ccccc1. The zero-order valence-electron chi connectivity index (χ0n) is 15.4. The van der Waals surface area contributed by atoms with Crippen molar-refractivity contribution in [2.45, 2.75) is 45.6 Å². The van der Waals surface area contributed by atoms with Gasteiger partial charge >= 0.3 is 5.97 Å². The number of carbonyl (C=O) groups excluding carboxylic acids is 1. The third-order valence-electron chi connectivity index (χ3n) is 3.58. The van der Waals surface area contributed by atoms with Gasteiger partial charge in [-0.2, -0.15) is 0 Å². The molecule has 1 aromatic rings. The number of hydrogen-bond donors (Lipinski definition) is 0. The Morgan fingerprint density at radius 1 is 0.800 bits per heavy atom. The number of ether oxygens (including phenoxy) is 4. The van der Waals surface area contributed by atoms with Gasteiger partial charge in [-0.15, -0.1) is 0 Å². The minimum absolute atomic E-state index is 0.133. The zero-order valence-corrected chi connectivity index (χ0v) is 15.4. The molecule has 0 heterocycles. The number of rotatable bonds is 16. The van der Waals surface area contributed by atoms with Gasteiger partial charge in [-0.25, -0.2) is 0 Å². The third kappa shape index (κ3) is 13.5. The van der Waals surface area contributed by atoms with Crippen molar-refractivity contribution in [2.75, 3.05) is 39.6 Å². The maximum Gasteiger partial charge on any atom is 0.305 e. The fraction of sp³-hybridized carbons (Fsp3) is 0.650. The van der Waals surface area contributed by atoms with Crippen LogP contribution in [0.4, 0.5) is 0 Å². The van der Waals surface area contributed by atoms with Gasteiger partial charge in [-0.3, -0.25) is 4.79 Å². The monoisotopic (exact) mass is 352 g/mol. The number of unbranched alkanes of at least 4 members (excludes halogenated alkanes) is 3. The van der Waals surface area contributed by atoms with Crippen molar-refractivity contribution in [3.63, 3.8) is 0 Å². The van der Waals surface area contributed by atoms with E-state index in [0.29, 0.717) is 52.7 Å². The summed E-state index contributed by atoms with van der Waals surface area (Å²) in [6.07, 6.45) is 4.85. The lowest BCUT2D eigenvalue weighted by atomic mass is 10.2. The summed E-state index contributed by atoms with van der Waals surface area (Å²) < 4.78 is 21.4. The standard InChI is InChI=1S/C20H32O5/c1-2-3-4-8-11-20(21)25-17-16-23-13-12-22-14-15-24-18-19-9-6-5-7-10-19/h5-7,9-10H,2-4,8,11-18H2,1H3. The second-order valence-electron chi connectivity index (χ2n) is 5.79. The van der Waals surface area contributed by atoms with E-state index in [9.17, 15) is 4.79 Å². The Bertz CT molecular complexity index is 421. The van der Waals surface area contributed by atoms with Crippen molar-refractivity contribution in [1.29, 1.82) is 0 Å². The molecule has 0 amide bonds. The molecule has 0 aliphatic heterocycles. The van der Waals surface area contributed by atoms with Crippen molar-refractivity contribution < 1.29 is 23.7 Å². The maximum atomic E-state index is 11.4. The van der Waals surface area contributed by atoms with Gasteiger partial charge in [0.15, 0.2) is 0 Å². The van der Waals surface area contributed by atoms with Crippen LogP contribution in [0, 0.1) is 0 Å². The quantitative estimate of drug-likeness (QED) is 0.335. The van der Waals surface area contributed by atoms with E-state index in [1.165, 1.54) is 12.8 Å². The van der Waals surface area contributed by atoms with Gasteiger partial charge in [0.25, 0.3) is 0 Å². The van der Waals surface area contributed by atoms with Crippen molar-refractivity contribution in [2.24, 2.45) is 0 Å². The minimum atomic E-state index is -0.133. The van der Waals surface area contributed by atoms with E-state index in [1.54, 1.807) is 0 Å². The Balaban J connectivity index is 1.77. The summed E-state index contributed by atoms with van der Waals surface area (Å²) in [6, 6.07) is 10.0. The van der Waals surface area contributed by atoms with Crippen LogP contribution in [0.3, 0.4) is 0 Å². The highest BCUT2D eigenvalue weighted by molar-refractivity contribution is 5.69. The van der Waals surface area contributed by atoms with E-state index in [1.807, 2.05) is 30.3 Å². The normalized spacial score (nSPS) is 10.8. The summed E-state index contributed by atoms with van der Waals surface area (Å²) in [4.78, 5) is 11.4.